The molecule has 1 N–H and O–H groups in total. The van der Waals surface area contributed by atoms with E-state index < -0.39 is 11.9 Å². The van der Waals surface area contributed by atoms with Crippen LogP contribution in [0.2, 0.25) is 0 Å². The fourth-order valence-electron chi connectivity index (χ4n) is 1.55. The lowest BCUT2D eigenvalue weighted by Crippen LogP contribution is -2.14. The average Bonchev–Trinajstić information content (AvgIpc) is 2.76. The van der Waals surface area contributed by atoms with E-state index in [-0.39, 0.29) is 0 Å². The minimum Gasteiger partial charge on any atom is -0.481 e. The molecule has 0 aliphatic rings. The number of rotatable bonds is 5. The third kappa shape index (κ3) is 3.13. The predicted molar refractivity (Wildman–Crippen MR) is 68.8 cm³/mol. The van der Waals surface area contributed by atoms with E-state index in [0.29, 0.717) is 11.0 Å². The van der Waals surface area contributed by atoms with E-state index in [0.717, 1.165) is 11.3 Å². The summed E-state index contributed by atoms with van der Waals surface area (Å²) in [6, 6.07) is 9.18. The third-order valence-electron chi connectivity index (χ3n) is 2.47. The highest BCUT2D eigenvalue weighted by Crippen LogP contribution is 2.26. The molecule has 0 bridgehead atoms. The Kier molecular flexibility index (Phi) is 4.04. The first-order valence-electron chi connectivity index (χ1n) is 5.49. The van der Waals surface area contributed by atoms with E-state index in [1.807, 2.05) is 37.3 Å². The number of benzene rings is 1. The van der Waals surface area contributed by atoms with Gasteiger partial charge < -0.3 is 9.52 Å². The first-order chi connectivity index (χ1) is 8.66. The van der Waals surface area contributed by atoms with Crippen LogP contribution in [0.5, 0.6) is 0 Å². The van der Waals surface area contributed by atoms with Gasteiger partial charge in [-0.2, -0.15) is 0 Å². The van der Waals surface area contributed by atoms with Gasteiger partial charge in [0.2, 0.25) is 0 Å². The molecule has 2 aromatic rings. The van der Waals surface area contributed by atoms with Crippen LogP contribution in [0.15, 0.2) is 46.2 Å². The fraction of sp³-hybridized carbons (Fsp3) is 0.231. The first-order valence-corrected chi connectivity index (χ1v) is 6.48. The third-order valence-corrected chi connectivity index (χ3v) is 3.41. The Bertz CT molecular complexity index is 524. The molecule has 1 atom stereocenters. The van der Waals surface area contributed by atoms with Crippen molar-refractivity contribution in [3.05, 3.63) is 47.9 Å². The summed E-state index contributed by atoms with van der Waals surface area (Å²) in [6.07, 6.45) is 1.56. The fourth-order valence-corrected chi connectivity index (χ4v) is 2.52. The molecule has 0 fully saturated rings. The molecular weight excluding hydrogens is 250 g/mol. The SMILES string of the molecule is Cc1coc(SCC(C(=O)O)c2ccccc2)n1. The van der Waals surface area contributed by atoms with E-state index in [1.54, 1.807) is 6.26 Å². The lowest BCUT2D eigenvalue weighted by molar-refractivity contribution is -0.138. The highest BCUT2D eigenvalue weighted by molar-refractivity contribution is 7.99. The van der Waals surface area contributed by atoms with Crippen molar-refractivity contribution in [2.45, 2.75) is 18.1 Å². The van der Waals surface area contributed by atoms with Gasteiger partial charge in [-0.05, 0) is 12.5 Å². The Morgan fingerprint density at radius 3 is 2.72 bits per heavy atom. The molecule has 1 unspecified atom stereocenters. The quantitative estimate of drug-likeness (QED) is 0.840. The minimum absolute atomic E-state index is 0.402. The van der Waals surface area contributed by atoms with Crippen LogP contribution in [0.4, 0.5) is 0 Å². The normalized spacial score (nSPS) is 12.3. The summed E-state index contributed by atoms with van der Waals surface area (Å²) in [4.78, 5) is 15.4. The minimum atomic E-state index is -0.836. The number of carbonyl (C=O) groups is 1. The maximum Gasteiger partial charge on any atom is 0.311 e. The van der Waals surface area contributed by atoms with Crippen molar-refractivity contribution in [2.75, 3.05) is 5.75 Å². The molecule has 0 aliphatic heterocycles. The number of thioether (sulfide) groups is 1. The van der Waals surface area contributed by atoms with Crippen molar-refractivity contribution < 1.29 is 14.3 Å². The van der Waals surface area contributed by atoms with Gasteiger partial charge in [0.1, 0.15) is 6.26 Å². The van der Waals surface area contributed by atoms with E-state index in [2.05, 4.69) is 4.98 Å². The number of hydrogen-bond acceptors (Lipinski definition) is 4. The molecule has 4 nitrogen and oxygen atoms in total. The lowest BCUT2D eigenvalue weighted by atomic mass is 10.0. The molecule has 5 heteroatoms. The molecule has 1 aromatic heterocycles. The Labute approximate surface area is 109 Å². The number of aryl methyl sites for hydroxylation is 1. The number of oxazole rings is 1. The molecule has 18 heavy (non-hydrogen) atoms. The summed E-state index contributed by atoms with van der Waals surface area (Å²) in [5.74, 6) is -0.986. The van der Waals surface area contributed by atoms with Crippen LogP contribution in [0, 0.1) is 6.92 Å². The maximum absolute atomic E-state index is 11.3. The maximum atomic E-state index is 11.3. The highest BCUT2D eigenvalue weighted by Gasteiger charge is 2.20. The van der Waals surface area contributed by atoms with Crippen molar-refractivity contribution >= 4 is 17.7 Å². The Balaban J connectivity index is 2.06. The second-order valence-electron chi connectivity index (χ2n) is 3.87. The second kappa shape index (κ2) is 5.73. The molecule has 1 heterocycles. The van der Waals surface area contributed by atoms with Gasteiger partial charge in [0.15, 0.2) is 0 Å². The summed E-state index contributed by atoms with van der Waals surface area (Å²) >= 11 is 1.31. The second-order valence-corrected chi connectivity index (χ2v) is 4.84. The molecule has 2 rings (SSSR count). The Hall–Kier alpha value is -1.75. The van der Waals surface area contributed by atoms with Gasteiger partial charge in [-0.1, -0.05) is 42.1 Å². The molecule has 1 aromatic carbocycles. The molecule has 0 saturated heterocycles. The van der Waals surface area contributed by atoms with Crippen molar-refractivity contribution in [1.29, 1.82) is 0 Å². The molecule has 0 saturated carbocycles. The monoisotopic (exact) mass is 263 g/mol. The van der Waals surface area contributed by atoms with Gasteiger partial charge in [-0.25, -0.2) is 4.98 Å². The highest BCUT2D eigenvalue weighted by atomic mass is 32.2. The lowest BCUT2D eigenvalue weighted by Gasteiger charge is -2.10. The molecule has 94 valence electrons. The number of hydrogen-bond donors (Lipinski definition) is 1. The summed E-state index contributed by atoms with van der Waals surface area (Å²) in [6.45, 7) is 1.83. The summed E-state index contributed by atoms with van der Waals surface area (Å²) in [7, 11) is 0. The number of carboxylic acids is 1. The van der Waals surface area contributed by atoms with Crippen LogP contribution in [0.3, 0.4) is 0 Å². The van der Waals surface area contributed by atoms with Crippen LogP contribution in [0.25, 0.3) is 0 Å². The van der Waals surface area contributed by atoms with Crippen molar-refractivity contribution in [2.24, 2.45) is 0 Å². The largest absolute Gasteiger partial charge is 0.481 e. The van der Waals surface area contributed by atoms with Gasteiger partial charge in [0, 0.05) is 5.75 Å². The van der Waals surface area contributed by atoms with Crippen LogP contribution in [-0.2, 0) is 4.79 Å². The van der Waals surface area contributed by atoms with Crippen molar-refractivity contribution in [3.8, 4) is 0 Å². The number of carboxylic acid groups (broad SMARTS) is 1. The standard InChI is InChI=1S/C13H13NO3S/c1-9-7-17-13(14-9)18-8-11(12(15)16)10-5-3-2-4-6-10/h2-7,11H,8H2,1H3,(H,15,16). The zero-order valence-electron chi connectivity index (χ0n) is 9.87. The Morgan fingerprint density at radius 2 is 2.17 bits per heavy atom. The first kappa shape index (κ1) is 12.7. The molecule has 0 aliphatic carbocycles. The van der Waals surface area contributed by atoms with Gasteiger partial charge in [0.05, 0.1) is 11.6 Å². The average molecular weight is 263 g/mol. The van der Waals surface area contributed by atoms with E-state index >= 15 is 0 Å². The zero-order chi connectivity index (χ0) is 13.0. The van der Waals surface area contributed by atoms with E-state index in [9.17, 15) is 9.90 Å². The predicted octanol–water partition coefficient (Wildman–Crippen LogP) is 2.94. The van der Waals surface area contributed by atoms with Crippen LogP contribution in [-0.4, -0.2) is 21.8 Å². The summed E-state index contributed by atoms with van der Waals surface area (Å²) < 4.78 is 5.19. The van der Waals surface area contributed by atoms with E-state index in [1.165, 1.54) is 11.8 Å². The summed E-state index contributed by atoms with van der Waals surface area (Å²) in [5.41, 5.74) is 1.59. The Morgan fingerprint density at radius 1 is 1.44 bits per heavy atom. The molecule has 0 amide bonds. The summed E-state index contributed by atoms with van der Waals surface area (Å²) in [5, 5.41) is 9.75. The topological polar surface area (TPSA) is 63.3 Å². The van der Waals surface area contributed by atoms with Crippen LogP contribution in [0.1, 0.15) is 17.2 Å². The van der Waals surface area contributed by atoms with Gasteiger partial charge in [-0.15, -0.1) is 0 Å². The van der Waals surface area contributed by atoms with Crippen LogP contribution < -0.4 is 0 Å². The van der Waals surface area contributed by atoms with Gasteiger partial charge in [0.25, 0.3) is 5.22 Å². The molecule has 0 spiro atoms. The smallest absolute Gasteiger partial charge is 0.311 e. The molecular formula is C13H13NO3S. The van der Waals surface area contributed by atoms with Gasteiger partial charge >= 0.3 is 5.97 Å². The zero-order valence-corrected chi connectivity index (χ0v) is 10.7. The number of aliphatic carboxylic acids is 1. The number of aromatic nitrogens is 1. The molecule has 0 radical (unpaired) electrons. The van der Waals surface area contributed by atoms with E-state index in [4.69, 9.17) is 4.42 Å². The van der Waals surface area contributed by atoms with Crippen molar-refractivity contribution in [1.82, 2.24) is 4.98 Å². The van der Waals surface area contributed by atoms with Crippen LogP contribution >= 0.6 is 11.8 Å². The van der Waals surface area contributed by atoms with Crippen molar-refractivity contribution in [3.63, 3.8) is 0 Å². The number of nitrogens with zero attached hydrogens (tertiary/aromatic N) is 1. The van der Waals surface area contributed by atoms with Gasteiger partial charge in [-0.3, -0.25) is 4.79 Å².